The van der Waals surface area contributed by atoms with Crippen LogP contribution in [0.4, 0.5) is 4.39 Å². The van der Waals surface area contributed by atoms with Crippen molar-refractivity contribution >= 4 is 27.3 Å². The van der Waals surface area contributed by atoms with E-state index in [2.05, 4.69) is 40.1 Å². The summed E-state index contributed by atoms with van der Waals surface area (Å²) < 4.78 is 13.7. The standard InChI is InChI=1S/C14H16BrFN2S/c1-8-7-19-14(17-8)10(3)18-9(2)11-4-5-13(16)12(15)6-11/h4-7,9-10,18H,1-3H3. The number of nitrogens with one attached hydrogen (secondary N) is 1. The first kappa shape index (κ1) is 14.6. The second-order valence-corrected chi connectivity index (χ2v) is 6.35. The van der Waals surface area contributed by atoms with Gasteiger partial charge in [-0.3, -0.25) is 0 Å². The molecule has 0 fully saturated rings. The van der Waals surface area contributed by atoms with Crippen LogP contribution in [0.3, 0.4) is 0 Å². The van der Waals surface area contributed by atoms with Gasteiger partial charge in [0.15, 0.2) is 0 Å². The number of rotatable bonds is 4. The average molecular weight is 343 g/mol. The molecule has 2 rings (SSSR count). The predicted molar refractivity (Wildman–Crippen MR) is 80.9 cm³/mol. The molecule has 0 amide bonds. The van der Waals surface area contributed by atoms with E-state index in [1.807, 2.05) is 18.4 Å². The van der Waals surface area contributed by atoms with Crippen molar-refractivity contribution in [3.8, 4) is 0 Å². The van der Waals surface area contributed by atoms with Crippen LogP contribution < -0.4 is 5.32 Å². The maximum Gasteiger partial charge on any atom is 0.137 e. The van der Waals surface area contributed by atoms with Crippen LogP contribution in [0.1, 0.15) is 42.2 Å². The number of halogens is 2. The minimum Gasteiger partial charge on any atom is -0.302 e. The van der Waals surface area contributed by atoms with E-state index in [0.29, 0.717) is 4.47 Å². The van der Waals surface area contributed by atoms with E-state index in [4.69, 9.17) is 0 Å². The van der Waals surface area contributed by atoms with Crippen LogP contribution in [-0.2, 0) is 0 Å². The van der Waals surface area contributed by atoms with Crippen LogP contribution in [0.25, 0.3) is 0 Å². The third-order valence-electron chi connectivity index (χ3n) is 2.95. The Bertz CT molecular complexity index is 570. The van der Waals surface area contributed by atoms with Crippen molar-refractivity contribution in [2.45, 2.75) is 32.9 Å². The fourth-order valence-corrected chi connectivity index (χ4v) is 3.10. The molecule has 0 saturated heterocycles. The van der Waals surface area contributed by atoms with Crippen molar-refractivity contribution < 1.29 is 4.39 Å². The molecule has 2 nitrogen and oxygen atoms in total. The lowest BCUT2D eigenvalue weighted by Gasteiger charge is -2.19. The van der Waals surface area contributed by atoms with Gasteiger partial charge < -0.3 is 5.32 Å². The van der Waals surface area contributed by atoms with Crippen molar-refractivity contribution in [3.05, 3.63) is 50.1 Å². The Morgan fingerprint density at radius 3 is 2.63 bits per heavy atom. The lowest BCUT2D eigenvalue weighted by molar-refractivity contribution is 0.491. The largest absolute Gasteiger partial charge is 0.302 e. The summed E-state index contributed by atoms with van der Waals surface area (Å²) in [4.78, 5) is 4.48. The predicted octanol–water partition coefficient (Wildman–Crippen LogP) is 4.76. The minimum absolute atomic E-state index is 0.135. The first-order valence-electron chi connectivity index (χ1n) is 6.10. The molecule has 0 radical (unpaired) electrons. The first-order chi connectivity index (χ1) is 8.97. The summed E-state index contributed by atoms with van der Waals surface area (Å²) in [5, 5.41) is 6.60. The Balaban J connectivity index is 2.07. The van der Waals surface area contributed by atoms with Gasteiger partial charge in [-0.2, -0.15) is 0 Å². The van der Waals surface area contributed by atoms with Crippen LogP contribution in [0.15, 0.2) is 28.1 Å². The second kappa shape index (κ2) is 6.11. The van der Waals surface area contributed by atoms with E-state index in [1.54, 1.807) is 17.4 Å². The third-order valence-corrected chi connectivity index (χ3v) is 4.70. The van der Waals surface area contributed by atoms with Crippen LogP contribution in [0.5, 0.6) is 0 Å². The van der Waals surface area contributed by atoms with Gasteiger partial charge in [0.25, 0.3) is 0 Å². The molecule has 0 aliphatic heterocycles. The fraction of sp³-hybridized carbons (Fsp3) is 0.357. The number of hydrogen-bond donors (Lipinski definition) is 1. The molecule has 1 aromatic carbocycles. The van der Waals surface area contributed by atoms with Crippen molar-refractivity contribution in [1.82, 2.24) is 10.3 Å². The summed E-state index contributed by atoms with van der Waals surface area (Å²) in [6, 6.07) is 5.41. The fourth-order valence-electron chi connectivity index (χ4n) is 1.90. The number of benzene rings is 1. The molecule has 0 aliphatic rings. The SMILES string of the molecule is Cc1csc(C(C)NC(C)c2ccc(F)c(Br)c2)n1. The molecule has 19 heavy (non-hydrogen) atoms. The highest BCUT2D eigenvalue weighted by molar-refractivity contribution is 9.10. The summed E-state index contributed by atoms with van der Waals surface area (Å²) in [6.45, 7) is 6.15. The lowest BCUT2D eigenvalue weighted by atomic mass is 10.1. The average Bonchev–Trinajstić information content (AvgIpc) is 2.79. The molecule has 102 valence electrons. The molecule has 1 N–H and O–H groups in total. The Labute approximate surface area is 125 Å². The van der Waals surface area contributed by atoms with Gasteiger partial charge in [-0.15, -0.1) is 11.3 Å². The number of hydrogen-bond acceptors (Lipinski definition) is 3. The minimum atomic E-state index is -0.237. The highest BCUT2D eigenvalue weighted by Gasteiger charge is 2.14. The number of nitrogens with zero attached hydrogens (tertiary/aromatic N) is 1. The van der Waals surface area contributed by atoms with E-state index >= 15 is 0 Å². The molecule has 0 saturated carbocycles. The van der Waals surface area contributed by atoms with Gasteiger partial charge in [-0.05, 0) is 54.4 Å². The molecule has 1 aromatic heterocycles. The van der Waals surface area contributed by atoms with E-state index in [1.165, 1.54) is 6.07 Å². The lowest BCUT2D eigenvalue weighted by Crippen LogP contribution is -2.22. The molecule has 2 unspecified atom stereocenters. The molecule has 2 atom stereocenters. The first-order valence-corrected chi connectivity index (χ1v) is 7.77. The number of aromatic nitrogens is 1. The van der Waals surface area contributed by atoms with Crippen LogP contribution in [-0.4, -0.2) is 4.98 Å². The Morgan fingerprint density at radius 2 is 2.05 bits per heavy atom. The summed E-state index contributed by atoms with van der Waals surface area (Å²) in [7, 11) is 0. The molecule has 5 heteroatoms. The molecule has 0 spiro atoms. The summed E-state index contributed by atoms with van der Waals surface area (Å²) >= 11 is 4.87. The summed E-state index contributed by atoms with van der Waals surface area (Å²) in [5.41, 5.74) is 2.10. The molecular formula is C14H16BrFN2S. The number of thiazole rings is 1. The molecule has 0 bridgehead atoms. The summed E-state index contributed by atoms with van der Waals surface area (Å²) in [6.07, 6.45) is 0. The van der Waals surface area contributed by atoms with Gasteiger partial charge in [0.2, 0.25) is 0 Å². The smallest absolute Gasteiger partial charge is 0.137 e. The Hall–Kier alpha value is -0.780. The Morgan fingerprint density at radius 1 is 1.32 bits per heavy atom. The number of aryl methyl sites for hydroxylation is 1. The van der Waals surface area contributed by atoms with Crippen LogP contribution >= 0.6 is 27.3 Å². The van der Waals surface area contributed by atoms with E-state index < -0.39 is 0 Å². The van der Waals surface area contributed by atoms with Gasteiger partial charge in [-0.1, -0.05) is 6.07 Å². The molecule has 1 heterocycles. The van der Waals surface area contributed by atoms with Crippen LogP contribution in [0.2, 0.25) is 0 Å². The van der Waals surface area contributed by atoms with E-state index in [-0.39, 0.29) is 17.9 Å². The van der Waals surface area contributed by atoms with Crippen molar-refractivity contribution in [3.63, 3.8) is 0 Å². The molecular weight excluding hydrogens is 327 g/mol. The maximum absolute atomic E-state index is 13.2. The molecule has 0 aliphatic carbocycles. The second-order valence-electron chi connectivity index (χ2n) is 4.61. The van der Waals surface area contributed by atoms with Crippen molar-refractivity contribution in [2.75, 3.05) is 0 Å². The molecule has 2 aromatic rings. The van der Waals surface area contributed by atoms with Gasteiger partial charge in [-0.25, -0.2) is 9.37 Å². The van der Waals surface area contributed by atoms with E-state index in [0.717, 1.165) is 16.3 Å². The zero-order valence-electron chi connectivity index (χ0n) is 11.1. The van der Waals surface area contributed by atoms with Gasteiger partial charge in [0, 0.05) is 17.1 Å². The monoisotopic (exact) mass is 342 g/mol. The highest BCUT2D eigenvalue weighted by Crippen LogP contribution is 2.24. The van der Waals surface area contributed by atoms with Gasteiger partial charge >= 0.3 is 0 Å². The zero-order chi connectivity index (χ0) is 14.0. The van der Waals surface area contributed by atoms with Crippen molar-refractivity contribution in [2.24, 2.45) is 0 Å². The Kier molecular flexibility index (Phi) is 4.71. The van der Waals surface area contributed by atoms with Gasteiger partial charge in [0.05, 0.1) is 10.5 Å². The highest BCUT2D eigenvalue weighted by atomic mass is 79.9. The third kappa shape index (κ3) is 3.61. The topological polar surface area (TPSA) is 24.9 Å². The quantitative estimate of drug-likeness (QED) is 0.865. The van der Waals surface area contributed by atoms with E-state index in [9.17, 15) is 4.39 Å². The van der Waals surface area contributed by atoms with Crippen LogP contribution in [0, 0.1) is 12.7 Å². The normalized spacial score (nSPS) is 14.4. The zero-order valence-corrected chi connectivity index (χ0v) is 13.5. The maximum atomic E-state index is 13.2. The van der Waals surface area contributed by atoms with Crippen molar-refractivity contribution in [1.29, 1.82) is 0 Å². The van der Waals surface area contributed by atoms with Gasteiger partial charge in [0.1, 0.15) is 10.8 Å². The summed E-state index contributed by atoms with van der Waals surface area (Å²) in [5.74, 6) is -0.237.